The van der Waals surface area contributed by atoms with Crippen molar-refractivity contribution in [2.24, 2.45) is 5.92 Å². The van der Waals surface area contributed by atoms with E-state index < -0.39 is 0 Å². The van der Waals surface area contributed by atoms with Crippen LogP contribution in [-0.4, -0.2) is 35.8 Å². The lowest BCUT2D eigenvalue weighted by atomic mass is 9.92. The summed E-state index contributed by atoms with van der Waals surface area (Å²) >= 11 is 0. The number of aliphatic hydroxyl groups excluding tert-OH is 1. The van der Waals surface area contributed by atoms with Gasteiger partial charge in [-0.05, 0) is 38.2 Å². The van der Waals surface area contributed by atoms with Crippen molar-refractivity contribution in [2.45, 2.75) is 39.2 Å². The van der Waals surface area contributed by atoms with Crippen LogP contribution in [0.2, 0.25) is 0 Å². The number of hydrogen-bond acceptors (Lipinski definition) is 4. The molecule has 1 unspecified atom stereocenters. The van der Waals surface area contributed by atoms with E-state index in [0.717, 1.165) is 44.6 Å². The van der Waals surface area contributed by atoms with E-state index in [9.17, 15) is 5.11 Å². The highest BCUT2D eigenvalue weighted by Gasteiger charge is 2.22. The highest BCUT2D eigenvalue weighted by Crippen LogP contribution is 2.26. The molecule has 2 heterocycles. The summed E-state index contributed by atoms with van der Waals surface area (Å²) in [6.45, 7) is 7.06. The van der Waals surface area contributed by atoms with E-state index in [-0.39, 0.29) is 6.10 Å². The van der Waals surface area contributed by atoms with Gasteiger partial charge in [-0.1, -0.05) is 6.92 Å². The van der Waals surface area contributed by atoms with Gasteiger partial charge < -0.3 is 15.3 Å². The van der Waals surface area contributed by atoms with Gasteiger partial charge in [-0.2, -0.15) is 0 Å². The molecule has 0 aromatic carbocycles. The number of hydrogen-bond donors (Lipinski definition) is 2. The standard InChI is InChI=1S/C15H25N3O/c1-3-6-17-14-9-15(11-16-10-14)18-7-4-13(5-8-18)12(2)19/h9-13,17,19H,3-8H2,1-2H3. The van der Waals surface area contributed by atoms with E-state index in [2.05, 4.69) is 28.2 Å². The number of piperidine rings is 1. The predicted molar refractivity (Wildman–Crippen MR) is 79.6 cm³/mol. The molecule has 1 aromatic heterocycles. The van der Waals surface area contributed by atoms with Gasteiger partial charge in [-0.15, -0.1) is 0 Å². The lowest BCUT2D eigenvalue weighted by Crippen LogP contribution is -2.37. The fourth-order valence-electron chi connectivity index (χ4n) is 2.61. The van der Waals surface area contributed by atoms with Crippen molar-refractivity contribution >= 4 is 11.4 Å². The first-order valence-electron chi connectivity index (χ1n) is 7.32. The zero-order valence-corrected chi connectivity index (χ0v) is 12.0. The third kappa shape index (κ3) is 3.83. The third-order valence-electron chi connectivity index (χ3n) is 3.89. The molecule has 1 saturated heterocycles. The zero-order chi connectivity index (χ0) is 13.7. The Morgan fingerprint density at radius 2 is 2.16 bits per heavy atom. The molecule has 1 fully saturated rings. The number of rotatable bonds is 5. The van der Waals surface area contributed by atoms with Gasteiger partial charge in [-0.3, -0.25) is 4.98 Å². The molecular formula is C15H25N3O. The Morgan fingerprint density at radius 1 is 1.42 bits per heavy atom. The smallest absolute Gasteiger partial charge is 0.0573 e. The van der Waals surface area contributed by atoms with Crippen LogP contribution in [0, 0.1) is 5.92 Å². The van der Waals surface area contributed by atoms with E-state index in [4.69, 9.17) is 0 Å². The van der Waals surface area contributed by atoms with Crippen LogP contribution in [0.4, 0.5) is 11.4 Å². The van der Waals surface area contributed by atoms with Crippen molar-refractivity contribution < 1.29 is 5.11 Å². The van der Waals surface area contributed by atoms with Crippen LogP contribution in [-0.2, 0) is 0 Å². The molecule has 0 aliphatic carbocycles. The maximum absolute atomic E-state index is 9.63. The molecule has 0 radical (unpaired) electrons. The van der Waals surface area contributed by atoms with Gasteiger partial charge in [0.25, 0.3) is 0 Å². The molecule has 2 N–H and O–H groups in total. The molecule has 0 bridgehead atoms. The van der Waals surface area contributed by atoms with Crippen molar-refractivity contribution in [1.29, 1.82) is 0 Å². The highest BCUT2D eigenvalue weighted by molar-refractivity contribution is 5.55. The van der Waals surface area contributed by atoms with Crippen LogP contribution < -0.4 is 10.2 Å². The first-order valence-corrected chi connectivity index (χ1v) is 7.32. The first kappa shape index (κ1) is 14.1. The van der Waals surface area contributed by atoms with E-state index >= 15 is 0 Å². The second kappa shape index (κ2) is 6.75. The predicted octanol–water partition coefficient (Wildman–Crippen LogP) is 2.50. The molecule has 1 aromatic rings. The number of aromatic nitrogens is 1. The minimum absolute atomic E-state index is 0.183. The third-order valence-corrected chi connectivity index (χ3v) is 3.89. The van der Waals surface area contributed by atoms with Crippen LogP contribution in [0.25, 0.3) is 0 Å². The molecular weight excluding hydrogens is 238 g/mol. The van der Waals surface area contributed by atoms with Gasteiger partial charge in [0.15, 0.2) is 0 Å². The van der Waals surface area contributed by atoms with Gasteiger partial charge in [0.1, 0.15) is 0 Å². The SMILES string of the molecule is CCCNc1cncc(N2CCC(C(C)O)CC2)c1. The normalized spacial score (nSPS) is 18.4. The summed E-state index contributed by atoms with van der Waals surface area (Å²) in [6.07, 6.45) is 6.86. The Labute approximate surface area is 115 Å². The van der Waals surface area contributed by atoms with E-state index in [1.807, 2.05) is 19.3 Å². The topological polar surface area (TPSA) is 48.4 Å². The molecule has 0 saturated carbocycles. The van der Waals surface area contributed by atoms with Crippen molar-refractivity contribution in [2.75, 3.05) is 29.9 Å². The van der Waals surface area contributed by atoms with Gasteiger partial charge in [-0.25, -0.2) is 0 Å². The molecule has 0 spiro atoms. The summed E-state index contributed by atoms with van der Waals surface area (Å²) in [6, 6.07) is 2.17. The van der Waals surface area contributed by atoms with Crippen LogP contribution in [0.3, 0.4) is 0 Å². The van der Waals surface area contributed by atoms with Crippen molar-refractivity contribution in [3.05, 3.63) is 18.5 Å². The van der Waals surface area contributed by atoms with Crippen molar-refractivity contribution in [3.63, 3.8) is 0 Å². The van der Waals surface area contributed by atoms with E-state index in [0.29, 0.717) is 5.92 Å². The van der Waals surface area contributed by atoms with Gasteiger partial charge >= 0.3 is 0 Å². The second-order valence-electron chi connectivity index (χ2n) is 5.42. The van der Waals surface area contributed by atoms with E-state index in [1.165, 1.54) is 5.69 Å². The van der Waals surface area contributed by atoms with Crippen LogP contribution >= 0.6 is 0 Å². The first-order chi connectivity index (χ1) is 9.20. The molecule has 1 aliphatic heterocycles. The number of nitrogens with zero attached hydrogens (tertiary/aromatic N) is 2. The van der Waals surface area contributed by atoms with Crippen molar-refractivity contribution in [3.8, 4) is 0 Å². The van der Waals surface area contributed by atoms with E-state index in [1.54, 1.807) is 0 Å². The van der Waals surface area contributed by atoms with Gasteiger partial charge in [0.05, 0.1) is 29.9 Å². The largest absolute Gasteiger partial charge is 0.393 e. The monoisotopic (exact) mass is 263 g/mol. The minimum atomic E-state index is -0.183. The summed E-state index contributed by atoms with van der Waals surface area (Å²) in [4.78, 5) is 6.68. The Hall–Kier alpha value is -1.29. The Morgan fingerprint density at radius 3 is 2.79 bits per heavy atom. The lowest BCUT2D eigenvalue weighted by molar-refractivity contribution is 0.110. The van der Waals surface area contributed by atoms with Crippen molar-refractivity contribution in [1.82, 2.24) is 4.98 Å². The van der Waals surface area contributed by atoms with Crippen LogP contribution in [0.15, 0.2) is 18.5 Å². The van der Waals surface area contributed by atoms with Crippen LogP contribution in [0.1, 0.15) is 33.1 Å². The quantitative estimate of drug-likeness (QED) is 0.857. The molecule has 1 atom stereocenters. The maximum atomic E-state index is 9.63. The molecule has 4 nitrogen and oxygen atoms in total. The Bertz CT molecular complexity index is 387. The van der Waals surface area contributed by atoms with Gasteiger partial charge in [0.2, 0.25) is 0 Å². The second-order valence-corrected chi connectivity index (χ2v) is 5.42. The highest BCUT2D eigenvalue weighted by atomic mass is 16.3. The number of anilines is 2. The molecule has 19 heavy (non-hydrogen) atoms. The summed E-state index contributed by atoms with van der Waals surface area (Å²) in [7, 11) is 0. The molecule has 1 aliphatic rings. The maximum Gasteiger partial charge on any atom is 0.0573 e. The average molecular weight is 263 g/mol. The zero-order valence-electron chi connectivity index (χ0n) is 12.0. The number of aliphatic hydroxyl groups is 1. The summed E-state index contributed by atoms with van der Waals surface area (Å²) < 4.78 is 0. The number of pyridine rings is 1. The fraction of sp³-hybridized carbons (Fsp3) is 0.667. The summed E-state index contributed by atoms with van der Waals surface area (Å²) in [5.74, 6) is 0.450. The summed E-state index contributed by atoms with van der Waals surface area (Å²) in [5.41, 5.74) is 2.28. The van der Waals surface area contributed by atoms with Crippen LogP contribution in [0.5, 0.6) is 0 Å². The fourth-order valence-corrected chi connectivity index (χ4v) is 2.61. The molecule has 0 amide bonds. The Balaban J connectivity index is 1.95. The lowest BCUT2D eigenvalue weighted by Gasteiger charge is -2.34. The summed E-state index contributed by atoms with van der Waals surface area (Å²) in [5, 5.41) is 13.0. The molecule has 4 heteroatoms. The molecule has 2 rings (SSSR count). The minimum Gasteiger partial charge on any atom is -0.393 e. The van der Waals surface area contributed by atoms with Gasteiger partial charge in [0, 0.05) is 19.6 Å². The molecule has 106 valence electrons. The number of nitrogens with one attached hydrogen (secondary N) is 1. The average Bonchev–Trinajstić information content (AvgIpc) is 2.45. The Kier molecular flexibility index (Phi) is 5.02.